The Morgan fingerprint density at radius 3 is 2.52 bits per heavy atom. The molecule has 0 bridgehead atoms. The number of nitrogens with one attached hydrogen (secondary N) is 1. The van der Waals surface area contributed by atoms with Crippen molar-refractivity contribution >= 4 is 21.7 Å². The summed E-state index contributed by atoms with van der Waals surface area (Å²) in [5.41, 5.74) is -0.856. The van der Waals surface area contributed by atoms with E-state index in [9.17, 15) is 22.0 Å². The molecule has 110 valence electrons. The summed E-state index contributed by atoms with van der Waals surface area (Å²) in [5, 5.41) is 8.79. The van der Waals surface area contributed by atoms with Gasteiger partial charge >= 0.3 is 5.97 Å². The minimum absolute atomic E-state index is 0.300. The Bertz CT molecular complexity index is 809. The van der Waals surface area contributed by atoms with E-state index in [0.29, 0.717) is 6.07 Å². The number of sulfonamides is 1. The molecule has 1 heterocycles. The average molecular weight is 314 g/mol. The number of aromatic nitrogens is 1. The van der Waals surface area contributed by atoms with Crippen molar-refractivity contribution in [2.75, 3.05) is 4.72 Å². The Morgan fingerprint density at radius 1 is 1.19 bits per heavy atom. The minimum Gasteiger partial charge on any atom is -0.478 e. The van der Waals surface area contributed by atoms with Crippen LogP contribution in [0, 0.1) is 11.6 Å². The third kappa shape index (κ3) is 3.31. The van der Waals surface area contributed by atoms with Gasteiger partial charge in [0.1, 0.15) is 16.5 Å². The Labute approximate surface area is 118 Å². The van der Waals surface area contributed by atoms with Crippen LogP contribution in [0.3, 0.4) is 0 Å². The molecule has 0 radical (unpaired) electrons. The van der Waals surface area contributed by atoms with E-state index in [1.54, 1.807) is 0 Å². The molecule has 9 heteroatoms. The first-order valence-corrected chi connectivity index (χ1v) is 6.94. The van der Waals surface area contributed by atoms with E-state index >= 15 is 0 Å². The smallest absolute Gasteiger partial charge is 0.335 e. The highest BCUT2D eigenvalue weighted by atomic mass is 32.2. The number of carboxylic acid groups (broad SMARTS) is 1. The van der Waals surface area contributed by atoms with Gasteiger partial charge in [-0.1, -0.05) is 0 Å². The monoisotopic (exact) mass is 314 g/mol. The second-order valence-electron chi connectivity index (χ2n) is 3.94. The highest BCUT2D eigenvalue weighted by molar-refractivity contribution is 7.92. The number of carboxylic acids is 1. The molecule has 0 unspecified atom stereocenters. The summed E-state index contributed by atoms with van der Waals surface area (Å²) in [5.74, 6) is -3.19. The van der Waals surface area contributed by atoms with Gasteiger partial charge in [0.05, 0.1) is 17.4 Å². The van der Waals surface area contributed by atoms with E-state index in [-0.39, 0.29) is 5.56 Å². The summed E-state index contributed by atoms with van der Waals surface area (Å²) < 4.78 is 52.3. The van der Waals surface area contributed by atoms with E-state index in [2.05, 4.69) is 4.98 Å². The Balaban J connectivity index is 2.41. The summed E-state index contributed by atoms with van der Waals surface area (Å²) in [6.45, 7) is 0. The van der Waals surface area contributed by atoms with Gasteiger partial charge in [-0.2, -0.15) is 0 Å². The number of carbonyl (C=O) groups is 1. The van der Waals surface area contributed by atoms with E-state index in [0.717, 1.165) is 30.6 Å². The molecule has 1 aromatic carbocycles. The number of benzene rings is 1. The van der Waals surface area contributed by atoms with Crippen LogP contribution in [0.5, 0.6) is 0 Å². The summed E-state index contributed by atoms with van der Waals surface area (Å²) in [6.07, 6.45) is 1.69. The second kappa shape index (κ2) is 5.44. The minimum atomic E-state index is -4.29. The molecule has 0 aliphatic carbocycles. The van der Waals surface area contributed by atoms with Crippen LogP contribution in [0.25, 0.3) is 0 Å². The van der Waals surface area contributed by atoms with Crippen LogP contribution in [0.2, 0.25) is 0 Å². The molecule has 0 atom stereocenters. The molecular weight excluding hydrogens is 306 g/mol. The number of nitrogens with zero attached hydrogens (tertiary/aromatic N) is 1. The fourth-order valence-electron chi connectivity index (χ4n) is 1.48. The van der Waals surface area contributed by atoms with Crippen LogP contribution in [0.1, 0.15) is 10.4 Å². The SMILES string of the molecule is O=C(O)c1ccc(F)c(NS(=O)(=O)c2cncc(F)c2)c1. The quantitative estimate of drug-likeness (QED) is 0.898. The van der Waals surface area contributed by atoms with E-state index in [1.165, 1.54) is 0 Å². The lowest BCUT2D eigenvalue weighted by Gasteiger charge is -2.09. The molecule has 0 saturated carbocycles. The normalized spacial score (nSPS) is 11.1. The van der Waals surface area contributed by atoms with Crippen LogP contribution in [0.15, 0.2) is 41.6 Å². The van der Waals surface area contributed by atoms with Gasteiger partial charge in [0.15, 0.2) is 0 Å². The van der Waals surface area contributed by atoms with E-state index < -0.39 is 38.2 Å². The average Bonchev–Trinajstić information content (AvgIpc) is 2.41. The van der Waals surface area contributed by atoms with Crippen molar-refractivity contribution in [1.29, 1.82) is 0 Å². The van der Waals surface area contributed by atoms with Gasteiger partial charge in [-0.3, -0.25) is 9.71 Å². The predicted molar refractivity (Wildman–Crippen MR) is 68.4 cm³/mol. The predicted octanol–water partition coefficient (Wildman–Crippen LogP) is 1.86. The molecule has 2 rings (SSSR count). The first kappa shape index (κ1) is 14.9. The molecule has 0 aliphatic heterocycles. The first-order chi connectivity index (χ1) is 9.79. The lowest BCUT2D eigenvalue weighted by atomic mass is 10.2. The summed E-state index contributed by atoms with van der Waals surface area (Å²) in [6, 6.07) is 3.32. The lowest BCUT2D eigenvalue weighted by molar-refractivity contribution is 0.0697. The molecule has 1 aromatic heterocycles. The fourth-order valence-corrected chi connectivity index (χ4v) is 2.51. The second-order valence-corrected chi connectivity index (χ2v) is 5.63. The molecule has 21 heavy (non-hydrogen) atoms. The summed E-state index contributed by atoms with van der Waals surface area (Å²) >= 11 is 0. The molecule has 0 amide bonds. The highest BCUT2D eigenvalue weighted by Crippen LogP contribution is 2.20. The topological polar surface area (TPSA) is 96.4 Å². The Morgan fingerprint density at radius 2 is 1.90 bits per heavy atom. The van der Waals surface area contributed by atoms with Crippen LogP contribution >= 0.6 is 0 Å². The molecule has 2 N–H and O–H groups in total. The first-order valence-electron chi connectivity index (χ1n) is 5.46. The van der Waals surface area contributed by atoms with Crippen molar-refractivity contribution in [2.45, 2.75) is 4.90 Å². The molecular formula is C12H8F2N2O4S. The van der Waals surface area contributed by atoms with Crippen LogP contribution < -0.4 is 4.72 Å². The van der Waals surface area contributed by atoms with Gasteiger partial charge in [-0.15, -0.1) is 0 Å². The van der Waals surface area contributed by atoms with Crippen molar-refractivity contribution < 1.29 is 27.1 Å². The van der Waals surface area contributed by atoms with Crippen molar-refractivity contribution in [3.8, 4) is 0 Å². The summed E-state index contributed by atoms with van der Waals surface area (Å²) in [7, 11) is -4.29. The van der Waals surface area contributed by atoms with Gasteiger partial charge < -0.3 is 5.11 Å². The van der Waals surface area contributed by atoms with Gasteiger partial charge in [0.25, 0.3) is 10.0 Å². The van der Waals surface area contributed by atoms with Crippen molar-refractivity contribution in [1.82, 2.24) is 4.98 Å². The molecule has 2 aromatic rings. The molecule has 0 spiro atoms. The maximum atomic E-state index is 13.5. The van der Waals surface area contributed by atoms with Crippen molar-refractivity contribution in [2.24, 2.45) is 0 Å². The number of halogens is 2. The van der Waals surface area contributed by atoms with Gasteiger partial charge in [-0.05, 0) is 24.3 Å². The zero-order valence-corrected chi connectivity index (χ0v) is 11.1. The van der Waals surface area contributed by atoms with Crippen molar-refractivity contribution in [3.63, 3.8) is 0 Å². The number of anilines is 1. The van der Waals surface area contributed by atoms with Crippen LogP contribution in [-0.2, 0) is 10.0 Å². The standard InChI is InChI=1S/C12H8F2N2O4S/c13-8-4-9(6-15-5-8)21(19,20)16-11-3-7(12(17)18)1-2-10(11)14/h1-6,16H,(H,17,18). The van der Waals surface area contributed by atoms with Crippen molar-refractivity contribution in [3.05, 3.63) is 53.9 Å². The van der Waals surface area contributed by atoms with Crippen LogP contribution in [-0.4, -0.2) is 24.5 Å². The number of pyridine rings is 1. The van der Waals surface area contributed by atoms with Gasteiger partial charge in [0, 0.05) is 6.20 Å². The summed E-state index contributed by atoms with van der Waals surface area (Å²) in [4.78, 5) is 13.7. The molecule has 0 aliphatic rings. The third-order valence-corrected chi connectivity index (χ3v) is 3.78. The molecule has 0 fully saturated rings. The van der Waals surface area contributed by atoms with Gasteiger partial charge in [0.2, 0.25) is 0 Å². The fraction of sp³-hybridized carbons (Fsp3) is 0. The van der Waals surface area contributed by atoms with Crippen LogP contribution in [0.4, 0.5) is 14.5 Å². The van der Waals surface area contributed by atoms with E-state index in [1.807, 2.05) is 4.72 Å². The maximum absolute atomic E-state index is 13.5. The van der Waals surface area contributed by atoms with E-state index in [4.69, 9.17) is 5.11 Å². The largest absolute Gasteiger partial charge is 0.478 e. The maximum Gasteiger partial charge on any atom is 0.335 e. The highest BCUT2D eigenvalue weighted by Gasteiger charge is 2.18. The number of aromatic carboxylic acids is 1. The molecule has 6 nitrogen and oxygen atoms in total. The number of hydrogen-bond acceptors (Lipinski definition) is 4. The zero-order chi connectivity index (χ0) is 15.6. The Hall–Kier alpha value is -2.55. The zero-order valence-electron chi connectivity index (χ0n) is 10.2. The number of hydrogen-bond donors (Lipinski definition) is 2. The third-order valence-electron chi connectivity index (χ3n) is 2.45. The number of rotatable bonds is 4. The lowest BCUT2D eigenvalue weighted by Crippen LogP contribution is -2.15. The Kier molecular flexibility index (Phi) is 3.85. The van der Waals surface area contributed by atoms with Gasteiger partial charge in [-0.25, -0.2) is 22.0 Å². The molecule has 0 saturated heterocycles.